The predicted molar refractivity (Wildman–Crippen MR) is 83.6 cm³/mol. The lowest BCUT2D eigenvalue weighted by Gasteiger charge is -2.29. The lowest BCUT2D eigenvalue weighted by molar-refractivity contribution is -0.139. The minimum absolute atomic E-state index is 0.00512. The Morgan fingerprint density at radius 2 is 1.12 bits per heavy atom. The van der Waals surface area contributed by atoms with Gasteiger partial charge in [0.05, 0.1) is 0 Å². The fourth-order valence-electron chi connectivity index (χ4n) is 2.16. The Hall–Kier alpha value is -3.18. The highest BCUT2D eigenvalue weighted by Gasteiger charge is 2.33. The smallest absolute Gasteiger partial charge is 0.322 e. The topological polar surface area (TPSA) is 191 Å². The van der Waals surface area contributed by atoms with Crippen molar-refractivity contribution in [1.29, 1.82) is 0 Å². The van der Waals surface area contributed by atoms with E-state index >= 15 is 0 Å². The third kappa shape index (κ3) is 7.59. The zero-order chi connectivity index (χ0) is 19.7. The summed E-state index contributed by atoms with van der Waals surface area (Å²) in [6.07, 6.45) is -0.300. The van der Waals surface area contributed by atoms with Crippen LogP contribution in [0.3, 0.4) is 0 Å². The molecule has 0 aromatic rings. The maximum Gasteiger partial charge on any atom is 0.322 e. The Balaban J connectivity index is 2.37. The van der Waals surface area contributed by atoms with Crippen LogP contribution in [0.15, 0.2) is 0 Å². The van der Waals surface area contributed by atoms with E-state index in [9.17, 15) is 28.8 Å². The van der Waals surface area contributed by atoms with Gasteiger partial charge in [0.25, 0.3) is 0 Å². The van der Waals surface area contributed by atoms with E-state index in [4.69, 9.17) is 10.2 Å². The molecule has 0 aromatic heterocycles. The van der Waals surface area contributed by atoms with Crippen LogP contribution >= 0.6 is 0 Å². The highest BCUT2D eigenvalue weighted by molar-refractivity contribution is 5.97. The average molecular weight is 372 g/mol. The Bertz CT molecular complexity index is 554. The van der Waals surface area contributed by atoms with Crippen LogP contribution in [0.5, 0.6) is 0 Å². The summed E-state index contributed by atoms with van der Waals surface area (Å²) in [5.74, 6) is -4.56. The highest BCUT2D eigenvalue weighted by atomic mass is 16.4. The van der Waals surface area contributed by atoms with Gasteiger partial charge < -0.3 is 31.5 Å². The van der Waals surface area contributed by atoms with Crippen molar-refractivity contribution in [3.8, 4) is 0 Å². The largest absolute Gasteiger partial charge is 0.480 e. The van der Waals surface area contributed by atoms with Crippen LogP contribution in [0, 0.1) is 0 Å². The summed E-state index contributed by atoms with van der Waals surface area (Å²) in [5.41, 5.74) is 0. The molecule has 0 radical (unpaired) electrons. The Labute approximate surface area is 147 Å². The van der Waals surface area contributed by atoms with Crippen molar-refractivity contribution in [3.05, 3.63) is 0 Å². The first kappa shape index (κ1) is 20.9. The molecule has 144 valence electrons. The number of nitrogens with one attached hydrogen (secondary N) is 4. The van der Waals surface area contributed by atoms with Crippen LogP contribution in [-0.4, -0.2) is 71.0 Å². The van der Waals surface area contributed by atoms with Crippen LogP contribution in [-0.2, 0) is 28.8 Å². The van der Waals surface area contributed by atoms with E-state index in [1.165, 1.54) is 0 Å². The number of hydrogen-bond acceptors (Lipinski definition) is 6. The molecule has 1 fully saturated rings. The quantitative estimate of drug-likeness (QED) is 0.233. The minimum atomic E-state index is -1.20. The van der Waals surface area contributed by atoms with Gasteiger partial charge in [-0.05, 0) is 12.8 Å². The Kier molecular flexibility index (Phi) is 7.99. The second kappa shape index (κ2) is 9.96. The molecular weight excluding hydrogens is 352 g/mol. The number of hydrogen-bond donors (Lipinski definition) is 6. The minimum Gasteiger partial charge on any atom is -0.480 e. The van der Waals surface area contributed by atoms with Gasteiger partial charge in [-0.2, -0.15) is 0 Å². The van der Waals surface area contributed by atoms with E-state index in [0.717, 1.165) is 0 Å². The van der Waals surface area contributed by atoms with Crippen molar-refractivity contribution >= 4 is 35.6 Å². The van der Waals surface area contributed by atoms with Gasteiger partial charge in [0, 0.05) is 12.8 Å². The zero-order valence-corrected chi connectivity index (χ0v) is 13.7. The van der Waals surface area contributed by atoms with Crippen molar-refractivity contribution in [2.24, 2.45) is 0 Å². The SMILES string of the molecule is O=C(O)CNC(=O)CC[C@@H]1NC(=O)[C@H](CCC(=O)NCC(=O)O)NC1=O. The van der Waals surface area contributed by atoms with E-state index in [0.29, 0.717) is 0 Å². The molecule has 0 saturated carbocycles. The average Bonchev–Trinajstić information content (AvgIpc) is 2.57. The van der Waals surface area contributed by atoms with E-state index < -0.39 is 60.7 Å². The van der Waals surface area contributed by atoms with Gasteiger partial charge in [-0.1, -0.05) is 0 Å². The van der Waals surface area contributed by atoms with E-state index in [1.54, 1.807) is 0 Å². The maximum absolute atomic E-state index is 12.0. The first-order valence-electron chi connectivity index (χ1n) is 7.76. The molecule has 12 nitrogen and oxygen atoms in total. The molecule has 6 N–H and O–H groups in total. The number of aliphatic carboxylic acids is 2. The van der Waals surface area contributed by atoms with E-state index in [-0.39, 0.29) is 25.7 Å². The molecule has 1 aliphatic rings. The van der Waals surface area contributed by atoms with Crippen molar-refractivity contribution < 1.29 is 39.0 Å². The van der Waals surface area contributed by atoms with Gasteiger partial charge in [-0.3, -0.25) is 28.8 Å². The molecule has 4 amide bonds. The second-order valence-corrected chi connectivity index (χ2v) is 5.54. The fraction of sp³-hybridized carbons (Fsp3) is 0.571. The summed E-state index contributed by atoms with van der Waals surface area (Å²) in [6.45, 7) is -1.07. The summed E-state index contributed by atoms with van der Waals surface area (Å²) < 4.78 is 0. The van der Waals surface area contributed by atoms with Crippen LogP contribution in [0.1, 0.15) is 25.7 Å². The van der Waals surface area contributed by atoms with E-state index in [2.05, 4.69) is 21.3 Å². The van der Waals surface area contributed by atoms with Crippen LogP contribution in [0.2, 0.25) is 0 Å². The maximum atomic E-state index is 12.0. The third-order valence-electron chi connectivity index (χ3n) is 3.46. The summed E-state index contributed by atoms with van der Waals surface area (Å²) in [5, 5.41) is 26.0. The second-order valence-electron chi connectivity index (χ2n) is 5.54. The molecule has 0 unspecified atom stereocenters. The number of rotatable bonds is 10. The van der Waals surface area contributed by atoms with Gasteiger partial charge in [0.15, 0.2) is 0 Å². The molecule has 0 spiro atoms. The number of carbonyl (C=O) groups is 6. The van der Waals surface area contributed by atoms with Crippen LogP contribution in [0.4, 0.5) is 0 Å². The number of carboxylic acids is 2. The third-order valence-corrected chi connectivity index (χ3v) is 3.46. The molecule has 26 heavy (non-hydrogen) atoms. The first-order valence-corrected chi connectivity index (χ1v) is 7.76. The number of carboxylic acid groups (broad SMARTS) is 2. The summed E-state index contributed by atoms with van der Waals surface area (Å²) in [7, 11) is 0. The molecule has 1 aliphatic heterocycles. The van der Waals surface area contributed by atoms with Gasteiger partial charge in [0.2, 0.25) is 23.6 Å². The van der Waals surface area contributed by atoms with Crippen molar-refractivity contribution in [2.75, 3.05) is 13.1 Å². The van der Waals surface area contributed by atoms with Gasteiger partial charge in [-0.25, -0.2) is 0 Å². The molecular formula is C14H20N4O8. The summed E-state index contributed by atoms with van der Waals surface area (Å²) in [6, 6.07) is -1.87. The molecule has 1 heterocycles. The molecule has 1 rings (SSSR count). The van der Waals surface area contributed by atoms with Gasteiger partial charge in [0.1, 0.15) is 25.2 Å². The fourth-order valence-corrected chi connectivity index (χ4v) is 2.16. The van der Waals surface area contributed by atoms with Gasteiger partial charge in [-0.15, -0.1) is 0 Å². The Morgan fingerprint density at radius 3 is 1.42 bits per heavy atom. The van der Waals surface area contributed by atoms with E-state index in [1.807, 2.05) is 0 Å². The molecule has 2 atom stereocenters. The molecule has 0 aromatic carbocycles. The number of carbonyl (C=O) groups excluding carboxylic acids is 4. The lowest BCUT2D eigenvalue weighted by atomic mass is 10.0. The predicted octanol–water partition coefficient (Wildman–Crippen LogP) is -3.07. The molecule has 12 heteroatoms. The first-order chi connectivity index (χ1) is 12.2. The standard InChI is InChI=1S/C14H20N4O8/c19-9(15-5-11(21)22)3-1-7-13(25)18-8(14(26)17-7)2-4-10(20)16-6-12(23)24/h7-8H,1-6H2,(H,15,19)(H,16,20)(H,17,26)(H,18,25)(H,21,22)(H,23,24)/t7-,8-/m0/s1. The van der Waals surface area contributed by atoms with Crippen LogP contribution in [0.25, 0.3) is 0 Å². The van der Waals surface area contributed by atoms with Crippen molar-refractivity contribution in [3.63, 3.8) is 0 Å². The molecule has 1 saturated heterocycles. The summed E-state index contributed by atoms with van der Waals surface area (Å²) >= 11 is 0. The van der Waals surface area contributed by atoms with Gasteiger partial charge >= 0.3 is 11.9 Å². The summed E-state index contributed by atoms with van der Waals surface area (Å²) in [4.78, 5) is 67.4. The highest BCUT2D eigenvalue weighted by Crippen LogP contribution is 2.08. The monoisotopic (exact) mass is 372 g/mol. The number of amides is 4. The van der Waals surface area contributed by atoms with Crippen LogP contribution < -0.4 is 21.3 Å². The molecule has 0 aliphatic carbocycles. The zero-order valence-electron chi connectivity index (χ0n) is 13.7. The molecule has 0 bridgehead atoms. The number of piperazine rings is 1. The van der Waals surface area contributed by atoms with Crippen molar-refractivity contribution in [1.82, 2.24) is 21.3 Å². The normalized spacial score (nSPS) is 19.1. The Morgan fingerprint density at radius 1 is 0.769 bits per heavy atom. The lowest BCUT2D eigenvalue weighted by Crippen LogP contribution is -2.61. The van der Waals surface area contributed by atoms with Crippen molar-refractivity contribution in [2.45, 2.75) is 37.8 Å².